The molecule has 0 amide bonds. The third kappa shape index (κ3) is 3.50. The lowest BCUT2D eigenvalue weighted by molar-refractivity contribution is 0.598. The molecule has 0 unspecified atom stereocenters. The third-order valence-corrected chi connectivity index (χ3v) is 3.12. The molecule has 19 heavy (non-hydrogen) atoms. The van der Waals surface area contributed by atoms with Crippen molar-refractivity contribution in [2.24, 2.45) is 7.05 Å². The summed E-state index contributed by atoms with van der Waals surface area (Å²) >= 11 is 0. The van der Waals surface area contributed by atoms with Crippen LogP contribution in [0.25, 0.3) is 0 Å². The van der Waals surface area contributed by atoms with Crippen LogP contribution in [0.5, 0.6) is 0 Å². The van der Waals surface area contributed by atoms with Gasteiger partial charge in [-0.05, 0) is 25.8 Å². The first-order valence-electron chi connectivity index (χ1n) is 6.37. The third-order valence-electron chi connectivity index (χ3n) is 3.12. The molecular weight excluding hydrogens is 262 g/mol. The molecule has 0 aliphatic rings. The number of nitrogens with one attached hydrogen (secondary N) is 1. The predicted octanol–water partition coefficient (Wildman–Crippen LogP) is 2.68. The van der Waals surface area contributed by atoms with Gasteiger partial charge in [0, 0.05) is 19.8 Å². The van der Waals surface area contributed by atoms with E-state index in [1.54, 1.807) is 0 Å². The zero-order valence-electron chi connectivity index (χ0n) is 12.0. The van der Waals surface area contributed by atoms with E-state index in [-0.39, 0.29) is 12.4 Å². The van der Waals surface area contributed by atoms with Gasteiger partial charge in [0.2, 0.25) is 0 Å². The van der Waals surface area contributed by atoms with Crippen molar-refractivity contribution in [1.29, 1.82) is 0 Å². The molecule has 5 nitrogen and oxygen atoms in total. The molecule has 0 aromatic carbocycles. The standard InChI is InChI=1S/C13H21N5.ClH/c1-5-6-18-9-12(11(3)16-18)14-8-13-10(2)7-15-17(13)4;/h7,9,14H,5-6,8H2,1-4H3;1H. The van der Waals surface area contributed by atoms with E-state index in [2.05, 4.69) is 35.6 Å². The number of halogens is 1. The second-order valence-corrected chi connectivity index (χ2v) is 4.64. The zero-order chi connectivity index (χ0) is 13.1. The Hall–Kier alpha value is -1.49. The van der Waals surface area contributed by atoms with Crippen molar-refractivity contribution >= 4 is 18.1 Å². The Morgan fingerprint density at radius 3 is 2.63 bits per heavy atom. The summed E-state index contributed by atoms with van der Waals surface area (Å²) in [6.45, 7) is 8.01. The van der Waals surface area contributed by atoms with Gasteiger partial charge in [-0.15, -0.1) is 12.4 Å². The van der Waals surface area contributed by atoms with Crippen LogP contribution in [0.3, 0.4) is 0 Å². The number of aryl methyl sites for hydroxylation is 4. The van der Waals surface area contributed by atoms with Crippen molar-refractivity contribution in [2.75, 3.05) is 5.32 Å². The van der Waals surface area contributed by atoms with Crippen LogP contribution in [0.15, 0.2) is 12.4 Å². The molecule has 0 spiro atoms. The molecule has 2 aromatic heterocycles. The first-order valence-corrected chi connectivity index (χ1v) is 6.37. The SMILES string of the molecule is CCCn1cc(NCc2c(C)cnn2C)c(C)n1.Cl. The van der Waals surface area contributed by atoms with Gasteiger partial charge in [0.15, 0.2) is 0 Å². The Morgan fingerprint density at radius 1 is 1.32 bits per heavy atom. The fraction of sp³-hybridized carbons (Fsp3) is 0.538. The molecule has 0 bridgehead atoms. The summed E-state index contributed by atoms with van der Waals surface area (Å²) in [7, 11) is 1.97. The van der Waals surface area contributed by atoms with Crippen LogP contribution >= 0.6 is 12.4 Å². The molecule has 0 saturated heterocycles. The van der Waals surface area contributed by atoms with E-state index in [0.717, 1.165) is 30.9 Å². The maximum Gasteiger partial charge on any atom is 0.0825 e. The van der Waals surface area contributed by atoms with Crippen molar-refractivity contribution < 1.29 is 0 Å². The summed E-state index contributed by atoms with van der Waals surface area (Å²) in [5, 5.41) is 12.1. The number of anilines is 1. The predicted molar refractivity (Wildman–Crippen MR) is 79.8 cm³/mol. The van der Waals surface area contributed by atoms with E-state index in [1.807, 2.05) is 29.5 Å². The van der Waals surface area contributed by atoms with Crippen LogP contribution < -0.4 is 5.32 Å². The summed E-state index contributed by atoms with van der Waals surface area (Å²) < 4.78 is 3.90. The van der Waals surface area contributed by atoms with E-state index in [4.69, 9.17) is 0 Å². The Kier molecular flexibility index (Phi) is 5.42. The molecule has 0 radical (unpaired) electrons. The monoisotopic (exact) mass is 283 g/mol. The molecule has 106 valence electrons. The zero-order valence-corrected chi connectivity index (χ0v) is 12.8. The molecule has 2 aromatic rings. The van der Waals surface area contributed by atoms with Crippen LogP contribution in [-0.4, -0.2) is 19.6 Å². The number of rotatable bonds is 5. The second kappa shape index (κ2) is 6.61. The molecule has 0 fully saturated rings. The Bertz CT molecular complexity index is 510. The summed E-state index contributed by atoms with van der Waals surface area (Å²) in [6, 6.07) is 0. The van der Waals surface area contributed by atoms with Crippen molar-refractivity contribution in [2.45, 2.75) is 40.3 Å². The van der Waals surface area contributed by atoms with Gasteiger partial charge in [0.1, 0.15) is 0 Å². The van der Waals surface area contributed by atoms with E-state index in [9.17, 15) is 0 Å². The van der Waals surface area contributed by atoms with Crippen LogP contribution in [0.4, 0.5) is 5.69 Å². The number of aromatic nitrogens is 4. The van der Waals surface area contributed by atoms with Gasteiger partial charge < -0.3 is 5.32 Å². The number of nitrogens with zero attached hydrogens (tertiary/aromatic N) is 4. The fourth-order valence-electron chi connectivity index (χ4n) is 2.04. The second-order valence-electron chi connectivity index (χ2n) is 4.64. The summed E-state index contributed by atoms with van der Waals surface area (Å²) in [5.41, 5.74) is 4.56. The molecule has 1 N–H and O–H groups in total. The lowest BCUT2D eigenvalue weighted by Crippen LogP contribution is -2.06. The van der Waals surface area contributed by atoms with Gasteiger partial charge in [0.25, 0.3) is 0 Å². The highest BCUT2D eigenvalue weighted by Gasteiger charge is 2.07. The van der Waals surface area contributed by atoms with Gasteiger partial charge >= 0.3 is 0 Å². The first-order chi connectivity index (χ1) is 8.61. The minimum absolute atomic E-state index is 0. The lowest BCUT2D eigenvalue weighted by atomic mass is 10.2. The van der Waals surface area contributed by atoms with Gasteiger partial charge in [-0.25, -0.2) is 0 Å². The molecule has 2 rings (SSSR count). The van der Waals surface area contributed by atoms with E-state index >= 15 is 0 Å². The molecular formula is C13H22ClN5. The van der Waals surface area contributed by atoms with Gasteiger partial charge in [-0.1, -0.05) is 6.92 Å². The van der Waals surface area contributed by atoms with E-state index < -0.39 is 0 Å². The first kappa shape index (κ1) is 15.6. The molecule has 0 aliphatic heterocycles. The largest absolute Gasteiger partial charge is 0.377 e. The normalized spacial score (nSPS) is 10.3. The maximum atomic E-state index is 4.48. The Morgan fingerprint density at radius 2 is 2.05 bits per heavy atom. The van der Waals surface area contributed by atoms with Gasteiger partial charge in [-0.2, -0.15) is 10.2 Å². The average Bonchev–Trinajstić information content (AvgIpc) is 2.82. The number of hydrogen-bond donors (Lipinski definition) is 1. The fourth-order valence-corrected chi connectivity index (χ4v) is 2.04. The van der Waals surface area contributed by atoms with Gasteiger partial charge in [0.05, 0.1) is 29.8 Å². The highest BCUT2D eigenvalue weighted by atomic mass is 35.5. The van der Waals surface area contributed by atoms with Gasteiger partial charge in [-0.3, -0.25) is 9.36 Å². The quantitative estimate of drug-likeness (QED) is 0.918. The van der Waals surface area contributed by atoms with Crippen LogP contribution in [0, 0.1) is 13.8 Å². The highest BCUT2D eigenvalue weighted by Crippen LogP contribution is 2.15. The van der Waals surface area contributed by atoms with Crippen molar-refractivity contribution in [1.82, 2.24) is 19.6 Å². The lowest BCUT2D eigenvalue weighted by Gasteiger charge is -2.06. The minimum atomic E-state index is 0. The Balaban J connectivity index is 0.00000180. The molecule has 0 atom stereocenters. The summed E-state index contributed by atoms with van der Waals surface area (Å²) in [4.78, 5) is 0. The van der Waals surface area contributed by atoms with E-state index in [0.29, 0.717) is 0 Å². The number of hydrogen-bond acceptors (Lipinski definition) is 3. The Labute approximate surface area is 120 Å². The van der Waals surface area contributed by atoms with E-state index in [1.165, 1.54) is 11.3 Å². The van der Waals surface area contributed by atoms with Crippen LogP contribution in [0.2, 0.25) is 0 Å². The summed E-state index contributed by atoms with van der Waals surface area (Å²) in [6.07, 6.45) is 5.07. The molecule has 0 aliphatic carbocycles. The highest BCUT2D eigenvalue weighted by molar-refractivity contribution is 5.85. The average molecular weight is 284 g/mol. The molecule has 6 heteroatoms. The van der Waals surface area contributed by atoms with Crippen LogP contribution in [-0.2, 0) is 20.1 Å². The minimum Gasteiger partial charge on any atom is -0.377 e. The summed E-state index contributed by atoms with van der Waals surface area (Å²) in [5.74, 6) is 0. The van der Waals surface area contributed by atoms with Crippen molar-refractivity contribution in [3.05, 3.63) is 29.3 Å². The maximum absolute atomic E-state index is 4.48. The molecule has 0 saturated carbocycles. The van der Waals surface area contributed by atoms with Crippen molar-refractivity contribution in [3.63, 3.8) is 0 Å². The smallest absolute Gasteiger partial charge is 0.0825 e. The van der Waals surface area contributed by atoms with Crippen LogP contribution in [0.1, 0.15) is 30.3 Å². The molecule has 2 heterocycles. The topological polar surface area (TPSA) is 47.7 Å². The van der Waals surface area contributed by atoms with Crippen molar-refractivity contribution in [3.8, 4) is 0 Å².